The number of piperidine rings is 2. The number of hydrogen-bond acceptors (Lipinski definition) is 7. The van der Waals surface area contributed by atoms with Crippen LogP contribution < -0.4 is 20.4 Å². The Morgan fingerprint density at radius 2 is 1.71 bits per heavy atom. The van der Waals surface area contributed by atoms with E-state index in [2.05, 4.69) is 25.5 Å². The third-order valence-corrected chi connectivity index (χ3v) is 6.78. The number of amides is 1. The summed E-state index contributed by atoms with van der Waals surface area (Å²) in [4.78, 5) is 24.4. The summed E-state index contributed by atoms with van der Waals surface area (Å²) in [5.74, 6) is -1.52. The molecule has 0 saturated carbocycles. The average molecular weight is 533 g/mol. The molecule has 2 saturated heterocycles. The first-order valence-corrected chi connectivity index (χ1v) is 12.6. The van der Waals surface area contributed by atoms with Crippen LogP contribution in [0.2, 0.25) is 0 Å². The summed E-state index contributed by atoms with van der Waals surface area (Å²) in [6.07, 6.45) is 0.749. The van der Waals surface area contributed by atoms with Crippen LogP contribution in [-0.4, -0.2) is 48.1 Å². The Labute approximate surface area is 217 Å². The SMILES string of the molecule is O=C(Nc1ccc(N2CCC(Nc3ccccc3F)CC2)nc1)c1oc(N2CCCCC2)nc1C(F)(F)F. The van der Waals surface area contributed by atoms with Crippen molar-refractivity contribution in [2.45, 2.75) is 44.3 Å². The fourth-order valence-corrected chi connectivity index (χ4v) is 4.76. The van der Waals surface area contributed by atoms with Gasteiger partial charge in [-0.3, -0.25) is 4.79 Å². The zero-order valence-electron chi connectivity index (χ0n) is 20.6. The number of aromatic nitrogens is 2. The number of para-hydroxylation sites is 1. The van der Waals surface area contributed by atoms with E-state index in [4.69, 9.17) is 4.42 Å². The molecule has 4 heterocycles. The smallest absolute Gasteiger partial charge is 0.417 e. The maximum atomic E-state index is 13.9. The van der Waals surface area contributed by atoms with E-state index in [1.54, 1.807) is 35.2 Å². The maximum absolute atomic E-state index is 13.9. The van der Waals surface area contributed by atoms with E-state index in [0.717, 1.165) is 32.1 Å². The highest BCUT2D eigenvalue weighted by Gasteiger charge is 2.42. The van der Waals surface area contributed by atoms with Gasteiger partial charge in [-0.05, 0) is 56.4 Å². The molecule has 2 aliphatic rings. The molecule has 0 radical (unpaired) electrons. The minimum atomic E-state index is -4.83. The van der Waals surface area contributed by atoms with Crippen LogP contribution in [0.4, 0.5) is 40.8 Å². The summed E-state index contributed by atoms with van der Waals surface area (Å²) >= 11 is 0. The molecular formula is C26H28F4N6O2. The Hall–Kier alpha value is -3.83. The third kappa shape index (κ3) is 5.84. The summed E-state index contributed by atoms with van der Waals surface area (Å²) in [5, 5.41) is 5.68. The van der Waals surface area contributed by atoms with Crippen LogP contribution in [0.3, 0.4) is 0 Å². The van der Waals surface area contributed by atoms with Crippen molar-refractivity contribution in [2.24, 2.45) is 0 Å². The molecule has 12 heteroatoms. The molecule has 0 unspecified atom stereocenters. The fraction of sp³-hybridized carbons (Fsp3) is 0.423. The van der Waals surface area contributed by atoms with E-state index in [0.29, 0.717) is 37.7 Å². The van der Waals surface area contributed by atoms with Crippen LogP contribution in [0.15, 0.2) is 47.0 Å². The van der Waals surface area contributed by atoms with Crippen molar-refractivity contribution < 1.29 is 26.8 Å². The number of carbonyl (C=O) groups excluding carboxylic acids is 1. The van der Waals surface area contributed by atoms with Gasteiger partial charge in [0.15, 0.2) is 5.69 Å². The summed E-state index contributed by atoms with van der Waals surface area (Å²) in [5.41, 5.74) is -0.626. The van der Waals surface area contributed by atoms with Gasteiger partial charge in [0.25, 0.3) is 11.9 Å². The highest BCUT2D eigenvalue weighted by Crippen LogP contribution is 2.35. The molecule has 2 N–H and O–H groups in total. The van der Waals surface area contributed by atoms with Gasteiger partial charge in [-0.1, -0.05) is 12.1 Å². The minimum absolute atomic E-state index is 0.126. The molecule has 202 valence electrons. The molecule has 1 aromatic carbocycles. The van der Waals surface area contributed by atoms with Gasteiger partial charge in [0.05, 0.1) is 17.6 Å². The average Bonchev–Trinajstić information content (AvgIpc) is 3.38. The molecule has 3 aromatic rings. The molecule has 1 amide bonds. The second-order valence-electron chi connectivity index (χ2n) is 9.46. The molecule has 2 aromatic heterocycles. The quantitative estimate of drug-likeness (QED) is 0.403. The number of carbonyl (C=O) groups is 1. The number of rotatable bonds is 6. The number of alkyl halides is 3. The molecule has 0 aliphatic carbocycles. The summed E-state index contributed by atoms with van der Waals surface area (Å²) in [6.45, 7) is 2.44. The van der Waals surface area contributed by atoms with Crippen LogP contribution in [0, 0.1) is 5.82 Å². The predicted octanol–water partition coefficient (Wildman–Crippen LogP) is 5.55. The van der Waals surface area contributed by atoms with Gasteiger partial charge < -0.3 is 24.9 Å². The van der Waals surface area contributed by atoms with E-state index >= 15 is 0 Å². The van der Waals surface area contributed by atoms with Crippen LogP contribution >= 0.6 is 0 Å². The minimum Gasteiger partial charge on any atom is -0.417 e. The predicted molar refractivity (Wildman–Crippen MR) is 135 cm³/mol. The lowest BCUT2D eigenvalue weighted by atomic mass is 10.0. The van der Waals surface area contributed by atoms with E-state index in [1.807, 2.05) is 0 Å². The molecule has 0 atom stereocenters. The molecule has 0 spiro atoms. The lowest BCUT2D eigenvalue weighted by Crippen LogP contribution is -2.39. The molecule has 0 bridgehead atoms. The highest BCUT2D eigenvalue weighted by atomic mass is 19.4. The normalized spacial score (nSPS) is 16.9. The number of halogens is 4. The van der Waals surface area contributed by atoms with Crippen molar-refractivity contribution in [3.63, 3.8) is 0 Å². The standard InChI is InChI=1S/C26H28F4N6O2/c27-19-6-2-3-7-20(19)32-17-10-14-35(15-11-17)21-9-8-18(16-31-21)33-24(37)22-23(26(28,29)30)34-25(38-22)36-12-4-1-5-13-36/h2-3,6-9,16-17,32H,1,4-5,10-15H2,(H,33,37). The number of benzene rings is 1. The first-order chi connectivity index (χ1) is 18.3. The van der Waals surface area contributed by atoms with Gasteiger partial charge in [-0.25, -0.2) is 9.37 Å². The lowest BCUT2D eigenvalue weighted by Gasteiger charge is -2.33. The van der Waals surface area contributed by atoms with E-state index in [1.165, 1.54) is 12.3 Å². The Bertz CT molecular complexity index is 1250. The van der Waals surface area contributed by atoms with Crippen molar-refractivity contribution in [3.8, 4) is 0 Å². The number of hydrogen-bond donors (Lipinski definition) is 2. The Morgan fingerprint density at radius 1 is 0.974 bits per heavy atom. The third-order valence-electron chi connectivity index (χ3n) is 6.78. The van der Waals surface area contributed by atoms with E-state index in [-0.39, 0.29) is 23.6 Å². The molecular weight excluding hydrogens is 504 g/mol. The van der Waals surface area contributed by atoms with E-state index < -0.39 is 23.5 Å². The number of nitrogens with zero attached hydrogens (tertiary/aromatic N) is 4. The summed E-state index contributed by atoms with van der Waals surface area (Å²) < 4.78 is 60.0. The first-order valence-electron chi connectivity index (χ1n) is 12.6. The van der Waals surface area contributed by atoms with Gasteiger partial charge in [0.1, 0.15) is 11.6 Å². The number of pyridine rings is 1. The molecule has 2 fully saturated rings. The van der Waals surface area contributed by atoms with Gasteiger partial charge in [-0.2, -0.15) is 18.2 Å². The van der Waals surface area contributed by atoms with Crippen LogP contribution in [0.25, 0.3) is 0 Å². The lowest BCUT2D eigenvalue weighted by molar-refractivity contribution is -0.141. The molecule has 8 nitrogen and oxygen atoms in total. The summed E-state index contributed by atoms with van der Waals surface area (Å²) in [6, 6.07) is 9.77. The van der Waals surface area contributed by atoms with Crippen LogP contribution in [-0.2, 0) is 6.18 Å². The van der Waals surface area contributed by atoms with Crippen LogP contribution in [0.5, 0.6) is 0 Å². The van der Waals surface area contributed by atoms with Gasteiger partial charge >= 0.3 is 6.18 Å². The van der Waals surface area contributed by atoms with Crippen molar-refractivity contribution in [1.29, 1.82) is 0 Å². The second kappa shape index (κ2) is 10.9. The van der Waals surface area contributed by atoms with Gasteiger partial charge in [-0.15, -0.1) is 0 Å². The van der Waals surface area contributed by atoms with Crippen molar-refractivity contribution >= 4 is 29.1 Å². The molecule has 38 heavy (non-hydrogen) atoms. The first kappa shape index (κ1) is 25.8. The second-order valence-corrected chi connectivity index (χ2v) is 9.46. The fourth-order valence-electron chi connectivity index (χ4n) is 4.76. The zero-order valence-corrected chi connectivity index (χ0v) is 20.6. The molecule has 2 aliphatic heterocycles. The highest BCUT2D eigenvalue weighted by molar-refractivity contribution is 6.03. The largest absolute Gasteiger partial charge is 0.437 e. The Balaban J connectivity index is 1.21. The number of nitrogens with one attached hydrogen (secondary N) is 2. The Morgan fingerprint density at radius 3 is 2.37 bits per heavy atom. The summed E-state index contributed by atoms with van der Waals surface area (Å²) in [7, 11) is 0. The molecule has 5 rings (SSSR count). The maximum Gasteiger partial charge on any atom is 0.437 e. The zero-order chi connectivity index (χ0) is 26.7. The number of oxazole rings is 1. The van der Waals surface area contributed by atoms with Gasteiger partial charge in [0, 0.05) is 32.2 Å². The van der Waals surface area contributed by atoms with Crippen molar-refractivity contribution in [1.82, 2.24) is 9.97 Å². The van der Waals surface area contributed by atoms with Gasteiger partial charge in [0.2, 0.25) is 5.76 Å². The van der Waals surface area contributed by atoms with Crippen molar-refractivity contribution in [2.75, 3.05) is 46.6 Å². The monoisotopic (exact) mass is 532 g/mol. The number of anilines is 4. The van der Waals surface area contributed by atoms with E-state index in [9.17, 15) is 22.4 Å². The topological polar surface area (TPSA) is 86.5 Å². The Kier molecular flexibility index (Phi) is 7.39. The van der Waals surface area contributed by atoms with Crippen LogP contribution in [0.1, 0.15) is 48.4 Å². The van der Waals surface area contributed by atoms with Crippen molar-refractivity contribution in [3.05, 3.63) is 59.9 Å².